The number of aromatic nitrogens is 1. The molecule has 1 N–H and O–H groups in total. The van der Waals surface area contributed by atoms with Crippen molar-refractivity contribution in [2.75, 3.05) is 11.9 Å². The Hall–Kier alpha value is -1.19. The Morgan fingerprint density at radius 2 is 1.81 bits per heavy atom. The molecule has 0 aliphatic rings. The first kappa shape index (κ1) is 16.2. The van der Waals surface area contributed by atoms with Crippen LogP contribution in [0.25, 0.3) is 0 Å². The molecular formula is C17H21ClN2S. The van der Waals surface area contributed by atoms with Crippen molar-refractivity contribution in [2.24, 2.45) is 0 Å². The van der Waals surface area contributed by atoms with Crippen LogP contribution in [0, 0.1) is 13.8 Å². The summed E-state index contributed by atoms with van der Waals surface area (Å²) in [5.41, 5.74) is 4.94. The van der Waals surface area contributed by atoms with Gasteiger partial charge in [0.25, 0.3) is 0 Å². The third-order valence-corrected chi connectivity index (χ3v) is 4.42. The van der Waals surface area contributed by atoms with E-state index >= 15 is 0 Å². The second kappa shape index (κ2) is 7.71. The van der Waals surface area contributed by atoms with Crippen LogP contribution in [0.15, 0.2) is 30.3 Å². The third kappa shape index (κ3) is 4.94. The largest absolute Gasteiger partial charge is 0.370 e. The van der Waals surface area contributed by atoms with Crippen LogP contribution in [0.4, 0.5) is 5.82 Å². The number of nitrogens with one attached hydrogen (secondary N) is 1. The summed E-state index contributed by atoms with van der Waals surface area (Å²) in [5, 5.41) is 3.96. The SMILES string of the molecule is CCNc1ccc(Cl)c(CSCc2cc(C)cc(C)c2)n1. The number of rotatable bonds is 6. The minimum Gasteiger partial charge on any atom is -0.370 e. The lowest BCUT2D eigenvalue weighted by molar-refractivity contribution is 1.11. The van der Waals surface area contributed by atoms with E-state index in [1.165, 1.54) is 16.7 Å². The Balaban J connectivity index is 1.98. The van der Waals surface area contributed by atoms with Gasteiger partial charge in [0.2, 0.25) is 0 Å². The first-order valence-electron chi connectivity index (χ1n) is 7.12. The Morgan fingerprint density at radius 1 is 1.10 bits per heavy atom. The van der Waals surface area contributed by atoms with Crippen LogP contribution >= 0.6 is 23.4 Å². The zero-order valence-corrected chi connectivity index (χ0v) is 14.3. The number of nitrogens with zero attached hydrogens (tertiary/aromatic N) is 1. The molecule has 1 heterocycles. The molecule has 1 aromatic heterocycles. The van der Waals surface area contributed by atoms with E-state index in [1.54, 1.807) is 0 Å². The highest BCUT2D eigenvalue weighted by Gasteiger charge is 2.05. The summed E-state index contributed by atoms with van der Waals surface area (Å²) in [7, 11) is 0. The fraction of sp³-hybridized carbons (Fsp3) is 0.353. The third-order valence-electron chi connectivity index (χ3n) is 3.07. The van der Waals surface area contributed by atoms with Gasteiger partial charge in [-0.05, 0) is 38.5 Å². The number of benzene rings is 1. The number of anilines is 1. The summed E-state index contributed by atoms with van der Waals surface area (Å²) in [6, 6.07) is 10.5. The molecule has 1 aromatic carbocycles. The Kier molecular flexibility index (Phi) is 5.95. The molecule has 0 saturated heterocycles. The van der Waals surface area contributed by atoms with Gasteiger partial charge >= 0.3 is 0 Å². The van der Waals surface area contributed by atoms with Crippen LogP contribution in [0.2, 0.25) is 5.02 Å². The van der Waals surface area contributed by atoms with Crippen LogP contribution in [-0.2, 0) is 11.5 Å². The molecule has 0 unspecified atom stereocenters. The monoisotopic (exact) mass is 320 g/mol. The zero-order valence-electron chi connectivity index (χ0n) is 12.7. The molecule has 21 heavy (non-hydrogen) atoms. The molecule has 0 bridgehead atoms. The number of hydrogen-bond donors (Lipinski definition) is 1. The molecule has 0 atom stereocenters. The van der Waals surface area contributed by atoms with Crippen molar-refractivity contribution in [1.82, 2.24) is 4.98 Å². The fourth-order valence-electron chi connectivity index (χ4n) is 2.28. The number of pyridine rings is 1. The Morgan fingerprint density at radius 3 is 2.48 bits per heavy atom. The molecule has 0 saturated carbocycles. The topological polar surface area (TPSA) is 24.9 Å². The molecule has 2 rings (SSSR count). The van der Waals surface area contributed by atoms with Gasteiger partial charge in [-0.1, -0.05) is 40.9 Å². The standard InChI is InChI=1S/C17H21ClN2S/c1-4-19-17-6-5-15(18)16(20-17)11-21-10-14-8-12(2)7-13(3)9-14/h5-9H,4,10-11H2,1-3H3,(H,19,20). The predicted octanol–water partition coefficient (Wildman–Crippen LogP) is 5.22. The molecule has 0 fully saturated rings. The molecule has 0 radical (unpaired) electrons. The summed E-state index contributed by atoms with van der Waals surface area (Å²) in [5.74, 6) is 2.70. The van der Waals surface area contributed by atoms with E-state index in [9.17, 15) is 0 Å². The zero-order chi connectivity index (χ0) is 15.2. The van der Waals surface area contributed by atoms with Crippen LogP contribution in [0.5, 0.6) is 0 Å². The summed E-state index contributed by atoms with van der Waals surface area (Å²) in [4.78, 5) is 4.56. The summed E-state index contributed by atoms with van der Waals surface area (Å²) < 4.78 is 0. The van der Waals surface area contributed by atoms with Gasteiger partial charge in [-0.15, -0.1) is 0 Å². The fourth-order valence-corrected chi connectivity index (χ4v) is 3.45. The lowest BCUT2D eigenvalue weighted by atomic mass is 10.1. The van der Waals surface area contributed by atoms with Crippen LogP contribution in [0.3, 0.4) is 0 Å². The van der Waals surface area contributed by atoms with Crippen molar-refractivity contribution < 1.29 is 0 Å². The first-order valence-corrected chi connectivity index (χ1v) is 8.66. The van der Waals surface area contributed by atoms with Gasteiger partial charge in [0, 0.05) is 18.1 Å². The van der Waals surface area contributed by atoms with Gasteiger partial charge < -0.3 is 5.32 Å². The van der Waals surface area contributed by atoms with E-state index < -0.39 is 0 Å². The van der Waals surface area contributed by atoms with Crippen molar-refractivity contribution in [1.29, 1.82) is 0 Å². The average molecular weight is 321 g/mol. The van der Waals surface area contributed by atoms with E-state index in [1.807, 2.05) is 23.9 Å². The summed E-state index contributed by atoms with van der Waals surface area (Å²) in [6.07, 6.45) is 0. The van der Waals surface area contributed by atoms with E-state index in [-0.39, 0.29) is 0 Å². The molecule has 2 nitrogen and oxygen atoms in total. The minimum absolute atomic E-state index is 0.740. The smallest absolute Gasteiger partial charge is 0.126 e. The van der Waals surface area contributed by atoms with E-state index in [2.05, 4.69) is 49.3 Å². The van der Waals surface area contributed by atoms with Crippen molar-refractivity contribution in [3.8, 4) is 0 Å². The Labute approximate surface area is 136 Å². The number of hydrogen-bond acceptors (Lipinski definition) is 3. The van der Waals surface area contributed by atoms with Crippen molar-refractivity contribution in [3.05, 3.63) is 57.7 Å². The number of aryl methyl sites for hydroxylation is 2. The maximum Gasteiger partial charge on any atom is 0.126 e. The summed E-state index contributed by atoms with van der Waals surface area (Å²) in [6.45, 7) is 7.20. The quantitative estimate of drug-likeness (QED) is 0.790. The molecular weight excluding hydrogens is 300 g/mol. The maximum absolute atomic E-state index is 6.22. The predicted molar refractivity (Wildman–Crippen MR) is 94.3 cm³/mol. The molecule has 0 amide bonds. The van der Waals surface area contributed by atoms with Gasteiger partial charge in [-0.2, -0.15) is 11.8 Å². The van der Waals surface area contributed by atoms with Gasteiger partial charge in [-0.25, -0.2) is 4.98 Å². The van der Waals surface area contributed by atoms with Crippen molar-refractivity contribution in [3.63, 3.8) is 0 Å². The highest BCUT2D eigenvalue weighted by molar-refractivity contribution is 7.97. The minimum atomic E-state index is 0.740. The molecule has 0 aliphatic carbocycles. The maximum atomic E-state index is 6.22. The lowest BCUT2D eigenvalue weighted by Gasteiger charge is -2.08. The van der Waals surface area contributed by atoms with Crippen LogP contribution in [0.1, 0.15) is 29.3 Å². The first-order chi connectivity index (χ1) is 10.1. The van der Waals surface area contributed by atoms with Crippen LogP contribution in [-0.4, -0.2) is 11.5 Å². The van der Waals surface area contributed by atoms with E-state index in [0.717, 1.165) is 34.6 Å². The van der Waals surface area contributed by atoms with Crippen LogP contribution < -0.4 is 5.32 Å². The Bertz CT molecular complexity index is 593. The number of halogens is 1. The summed E-state index contributed by atoms with van der Waals surface area (Å²) >= 11 is 8.07. The highest BCUT2D eigenvalue weighted by atomic mass is 35.5. The normalized spacial score (nSPS) is 10.7. The van der Waals surface area contributed by atoms with E-state index in [4.69, 9.17) is 11.6 Å². The molecule has 0 aliphatic heterocycles. The van der Waals surface area contributed by atoms with Crippen molar-refractivity contribution in [2.45, 2.75) is 32.3 Å². The van der Waals surface area contributed by atoms with Gasteiger partial charge in [0.05, 0.1) is 10.7 Å². The second-order valence-corrected chi connectivity index (χ2v) is 6.54. The van der Waals surface area contributed by atoms with E-state index in [0.29, 0.717) is 0 Å². The molecule has 2 aromatic rings. The molecule has 4 heteroatoms. The van der Waals surface area contributed by atoms with Gasteiger partial charge in [0.15, 0.2) is 0 Å². The van der Waals surface area contributed by atoms with Crippen molar-refractivity contribution >= 4 is 29.2 Å². The average Bonchev–Trinajstić information content (AvgIpc) is 2.41. The van der Waals surface area contributed by atoms with Gasteiger partial charge in [0.1, 0.15) is 5.82 Å². The second-order valence-electron chi connectivity index (χ2n) is 5.14. The highest BCUT2D eigenvalue weighted by Crippen LogP contribution is 2.24. The number of thioether (sulfide) groups is 1. The lowest BCUT2D eigenvalue weighted by Crippen LogP contribution is -2.01. The molecule has 112 valence electrons. The molecule has 0 spiro atoms. The van der Waals surface area contributed by atoms with Gasteiger partial charge in [-0.3, -0.25) is 0 Å².